The molecule has 0 saturated carbocycles. The van der Waals surface area contributed by atoms with Gasteiger partial charge in [0.2, 0.25) is 0 Å². The molecule has 2 aromatic rings. The Morgan fingerprint density at radius 1 is 1.00 bits per heavy atom. The van der Waals surface area contributed by atoms with Crippen LogP contribution in [0.5, 0.6) is 0 Å². The van der Waals surface area contributed by atoms with Crippen molar-refractivity contribution < 1.29 is 27.8 Å². The molecule has 0 bridgehead atoms. The van der Waals surface area contributed by atoms with E-state index in [1.54, 1.807) is 30.3 Å². The van der Waals surface area contributed by atoms with Crippen LogP contribution >= 0.6 is 0 Å². The number of hydrogen-bond acceptors (Lipinski definition) is 8. The second kappa shape index (κ2) is 9.20. The van der Waals surface area contributed by atoms with Crippen LogP contribution in [0.25, 0.3) is 0 Å². The molecule has 0 spiro atoms. The van der Waals surface area contributed by atoms with Gasteiger partial charge in [-0.25, -0.2) is 18.4 Å². The highest BCUT2D eigenvalue weighted by atomic mass is 19.1. The number of allylic oxidation sites excluding steroid dienone is 1. The van der Waals surface area contributed by atoms with Crippen molar-refractivity contribution in [3.8, 4) is 12.1 Å². The van der Waals surface area contributed by atoms with E-state index in [4.69, 9.17) is 20.5 Å². The molecule has 2 N–H and O–H groups in total. The van der Waals surface area contributed by atoms with Gasteiger partial charge in [-0.05, 0) is 11.6 Å². The number of nitrogens with zero attached hydrogens (tertiary/aromatic N) is 3. The average molecular weight is 450 g/mol. The highest BCUT2D eigenvalue weighted by Crippen LogP contribution is 2.43. The number of carbonyl (C=O) groups excluding carboxylic acids is 2. The molecule has 33 heavy (non-hydrogen) atoms. The van der Waals surface area contributed by atoms with E-state index >= 15 is 0 Å². The minimum atomic E-state index is -1.15. The lowest BCUT2D eigenvalue weighted by atomic mass is 9.81. The third-order valence-corrected chi connectivity index (χ3v) is 5.01. The van der Waals surface area contributed by atoms with Crippen LogP contribution in [0.2, 0.25) is 0 Å². The third kappa shape index (κ3) is 3.86. The topological polar surface area (TPSA) is 129 Å². The minimum absolute atomic E-state index is 0.210. The summed E-state index contributed by atoms with van der Waals surface area (Å²) in [5.41, 5.74) is 4.31. The Morgan fingerprint density at radius 3 is 2.18 bits per heavy atom. The molecule has 2 aromatic carbocycles. The van der Waals surface area contributed by atoms with Gasteiger partial charge in [0.15, 0.2) is 0 Å². The fourth-order valence-corrected chi connectivity index (χ4v) is 3.56. The van der Waals surface area contributed by atoms with Crippen LogP contribution in [0.1, 0.15) is 17.0 Å². The monoisotopic (exact) mass is 450 g/mol. The first-order valence-electron chi connectivity index (χ1n) is 9.35. The lowest BCUT2D eigenvalue weighted by molar-refractivity contribution is -0.139. The Labute approximate surface area is 187 Å². The van der Waals surface area contributed by atoms with Crippen molar-refractivity contribution in [2.45, 2.75) is 5.92 Å². The second-order valence-electron chi connectivity index (χ2n) is 6.73. The molecule has 1 aliphatic rings. The lowest BCUT2D eigenvalue weighted by Crippen LogP contribution is -2.41. The van der Waals surface area contributed by atoms with Crippen molar-refractivity contribution in [1.82, 2.24) is 0 Å². The van der Waals surface area contributed by atoms with Crippen LogP contribution in [-0.2, 0) is 19.1 Å². The fraction of sp³-hybridized carbons (Fsp3) is 0.130. The summed E-state index contributed by atoms with van der Waals surface area (Å²) in [6, 6.07) is 12.8. The molecule has 1 heterocycles. The largest absolute Gasteiger partial charge is 0.466 e. The Bertz CT molecular complexity index is 1290. The van der Waals surface area contributed by atoms with Crippen LogP contribution in [-0.4, -0.2) is 26.2 Å². The molecule has 1 unspecified atom stereocenters. The van der Waals surface area contributed by atoms with Gasteiger partial charge >= 0.3 is 11.9 Å². The maximum Gasteiger partial charge on any atom is 0.355 e. The number of carbonyl (C=O) groups is 2. The van der Waals surface area contributed by atoms with Gasteiger partial charge in [-0.1, -0.05) is 30.3 Å². The van der Waals surface area contributed by atoms with Crippen LogP contribution in [0, 0.1) is 34.3 Å². The number of rotatable bonds is 4. The van der Waals surface area contributed by atoms with Crippen molar-refractivity contribution in [3.63, 3.8) is 0 Å². The van der Waals surface area contributed by atoms with Crippen molar-refractivity contribution >= 4 is 17.6 Å². The van der Waals surface area contributed by atoms with E-state index in [0.29, 0.717) is 17.7 Å². The maximum absolute atomic E-state index is 15.0. The number of esters is 2. The molecule has 8 nitrogen and oxygen atoms in total. The van der Waals surface area contributed by atoms with E-state index in [0.717, 1.165) is 19.1 Å². The van der Waals surface area contributed by atoms with Gasteiger partial charge in [-0.2, -0.15) is 10.5 Å². The number of ether oxygens (including phenoxy) is 2. The number of anilines is 1. The number of nitriles is 2. The lowest BCUT2D eigenvalue weighted by Gasteiger charge is -2.36. The standard InChI is InChI=1S/C23H16F2N4O4/c1-32-22(30)19-18(12-6-4-3-5-7-12)14(11-27)21(28)29(20(19)23(31)33-2)17-9-15(24)13(10-26)8-16(17)25/h3-9,18H,28H2,1-2H3. The Morgan fingerprint density at radius 2 is 1.64 bits per heavy atom. The summed E-state index contributed by atoms with van der Waals surface area (Å²) in [5.74, 6) is -5.93. The van der Waals surface area contributed by atoms with Gasteiger partial charge in [0.05, 0.1) is 48.6 Å². The van der Waals surface area contributed by atoms with Crippen molar-refractivity contribution in [1.29, 1.82) is 10.5 Å². The smallest absolute Gasteiger partial charge is 0.355 e. The number of methoxy groups -OCH3 is 2. The van der Waals surface area contributed by atoms with Gasteiger partial charge in [-0.3, -0.25) is 4.90 Å². The van der Waals surface area contributed by atoms with Gasteiger partial charge in [0, 0.05) is 6.07 Å². The molecule has 0 radical (unpaired) electrons. The predicted molar refractivity (Wildman–Crippen MR) is 111 cm³/mol. The predicted octanol–water partition coefficient (Wildman–Crippen LogP) is 2.73. The Hall–Kier alpha value is -4.70. The first-order valence-corrected chi connectivity index (χ1v) is 9.35. The molecule has 0 saturated heterocycles. The zero-order chi connectivity index (χ0) is 24.3. The first kappa shape index (κ1) is 23.0. The molecule has 166 valence electrons. The summed E-state index contributed by atoms with van der Waals surface area (Å²) in [4.78, 5) is 26.5. The molecule has 10 heteroatoms. The molecular formula is C23H16F2N4O4. The molecule has 1 atom stereocenters. The van der Waals surface area contributed by atoms with Gasteiger partial charge in [-0.15, -0.1) is 0 Å². The molecule has 0 aromatic heterocycles. The number of hydrogen-bond donors (Lipinski definition) is 1. The molecular weight excluding hydrogens is 434 g/mol. The molecule has 3 rings (SSSR count). The van der Waals surface area contributed by atoms with Crippen LogP contribution in [0.3, 0.4) is 0 Å². The normalized spacial score (nSPS) is 15.6. The zero-order valence-corrected chi connectivity index (χ0v) is 17.4. The number of nitrogens with two attached hydrogens (primary N) is 1. The average Bonchev–Trinajstić information content (AvgIpc) is 2.84. The summed E-state index contributed by atoms with van der Waals surface area (Å²) >= 11 is 0. The van der Waals surface area contributed by atoms with E-state index in [1.807, 2.05) is 6.07 Å². The summed E-state index contributed by atoms with van der Waals surface area (Å²) in [5, 5.41) is 18.9. The molecule has 0 amide bonds. The third-order valence-electron chi connectivity index (χ3n) is 5.01. The SMILES string of the molecule is COC(=O)C1=C(C(=O)OC)N(c2cc(F)c(C#N)cc2F)C(N)=C(C#N)C1c1ccccc1. The van der Waals surface area contributed by atoms with E-state index in [9.17, 15) is 23.6 Å². The highest BCUT2D eigenvalue weighted by Gasteiger charge is 2.43. The zero-order valence-electron chi connectivity index (χ0n) is 17.4. The summed E-state index contributed by atoms with van der Waals surface area (Å²) in [7, 11) is 2.09. The molecule has 0 aliphatic carbocycles. The van der Waals surface area contributed by atoms with Crippen LogP contribution in [0.15, 0.2) is 65.1 Å². The van der Waals surface area contributed by atoms with Crippen molar-refractivity contribution in [3.05, 3.63) is 87.9 Å². The van der Waals surface area contributed by atoms with E-state index < -0.39 is 52.3 Å². The van der Waals surface area contributed by atoms with Crippen molar-refractivity contribution in [2.75, 3.05) is 19.1 Å². The molecule has 0 fully saturated rings. The van der Waals surface area contributed by atoms with E-state index in [1.165, 1.54) is 6.07 Å². The minimum Gasteiger partial charge on any atom is -0.466 e. The number of benzene rings is 2. The molecule has 1 aliphatic heterocycles. The fourth-order valence-electron chi connectivity index (χ4n) is 3.56. The maximum atomic E-state index is 15.0. The Kier molecular flexibility index (Phi) is 6.41. The van der Waals surface area contributed by atoms with Crippen LogP contribution < -0.4 is 10.6 Å². The quantitative estimate of drug-likeness (QED) is 0.704. The van der Waals surface area contributed by atoms with E-state index in [2.05, 4.69) is 0 Å². The van der Waals surface area contributed by atoms with Gasteiger partial charge in [0.1, 0.15) is 29.2 Å². The first-order chi connectivity index (χ1) is 15.8. The van der Waals surface area contributed by atoms with Gasteiger partial charge < -0.3 is 15.2 Å². The van der Waals surface area contributed by atoms with Crippen LogP contribution in [0.4, 0.5) is 14.5 Å². The highest BCUT2D eigenvalue weighted by molar-refractivity contribution is 6.06. The summed E-state index contributed by atoms with van der Waals surface area (Å²) in [6.45, 7) is 0. The van der Waals surface area contributed by atoms with Gasteiger partial charge in [0.25, 0.3) is 0 Å². The summed E-state index contributed by atoms with van der Waals surface area (Å²) in [6.07, 6.45) is 0. The summed E-state index contributed by atoms with van der Waals surface area (Å²) < 4.78 is 39.0. The number of halogens is 2. The van der Waals surface area contributed by atoms with Crippen molar-refractivity contribution in [2.24, 2.45) is 5.73 Å². The Balaban J connectivity index is 2.46. The van der Waals surface area contributed by atoms with E-state index in [-0.39, 0.29) is 11.1 Å². The second-order valence-corrected chi connectivity index (χ2v) is 6.73.